The van der Waals surface area contributed by atoms with E-state index in [4.69, 9.17) is 5.41 Å². The van der Waals surface area contributed by atoms with Crippen molar-refractivity contribution in [3.8, 4) is 0 Å². The van der Waals surface area contributed by atoms with Gasteiger partial charge in [0.15, 0.2) is 0 Å². The van der Waals surface area contributed by atoms with E-state index in [0.717, 1.165) is 11.3 Å². The molecule has 0 saturated heterocycles. The van der Waals surface area contributed by atoms with Crippen LogP contribution in [0.5, 0.6) is 0 Å². The maximum Gasteiger partial charge on any atom is 0.0945 e. The fourth-order valence-electron chi connectivity index (χ4n) is 1.60. The molecule has 0 aromatic heterocycles. The predicted molar refractivity (Wildman–Crippen MR) is 75.7 cm³/mol. The van der Waals surface area contributed by atoms with Crippen LogP contribution in [-0.4, -0.2) is 5.04 Å². The van der Waals surface area contributed by atoms with Crippen molar-refractivity contribution in [1.82, 2.24) is 0 Å². The SMILES string of the molecule is Cc1cccc(C(=N)SCc2ccccc2)c1. The molecule has 0 aliphatic heterocycles. The summed E-state index contributed by atoms with van der Waals surface area (Å²) in [5.74, 6) is 0.855. The highest BCUT2D eigenvalue weighted by Gasteiger charge is 2.02. The highest BCUT2D eigenvalue weighted by molar-refractivity contribution is 8.13. The van der Waals surface area contributed by atoms with Gasteiger partial charge in [-0.15, -0.1) is 11.8 Å². The lowest BCUT2D eigenvalue weighted by Gasteiger charge is -2.05. The van der Waals surface area contributed by atoms with Gasteiger partial charge in [-0.1, -0.05) is 54.1 Å². The van der Waals surface area contributed by atoms with Crippen LogP contribution in [0.15, 0.2) is 54.6 Å². The van der Waals surface area contributed by atoms with E-state index in [1.807, 2.05) is 30.3 Å². The smallest absolute Gasteiger partial charge is 0.0945 e. The van der Waals surface area contributed by atoms with Crippen LogP contribution in [0.4, 0.5) is 0 Å². The van der Waals surface area contributed by atoms with Gasteiger partial charge in [-0.05, 0) is 18.6 Å². The Morgan fingerprint density at radius 1 is 1.06 bits per heavy atom. The molecule has 1 nitrogen and oxygen atoms in total. The first-order valence-corrected chi connectivity index (χ1v) is 6.56. The van der Waals surface area contributed by atoms with E-state index < -0.39 is 0 Å². The molecule has 17 heavy (non-hydrogen) atoms. The summed E-state index contributed by atoms with van der Waals surface area (Å²) in [6.45, 7) is 2.05. The van der Waals surface area contributed by atoms with Crippen LogP contribution >= 0.6 is 11.8 Å². The van der Waals surface area contributed by atoms with E-state index in [0.29, 0.717) is 5.04 Å². The first-order chi connectivity index (χ1) is 8.25. The van der Waals surface area contributed by atoms with Crippen LogP contribution in [0.2, 0.25) is 0 Å². The second kappa shape index (κ2) is 5.69. The highest BCUT2D eigenvalue weighted by Crippen LogP contribution is 2.18. The van der Waals surface area contributed by atoms with Crippen LogP contribution in [0.1, 0.15) is 16.7 Å². The fraction of sp³-hybridized carbons (Fsp3) is 0.133. The minimum atomic E-state index is 0.637. The largest absolute Gasteiger partial charge is 0.293 e. The molecule has 0 atom stereocenters. The molecule has 2 aromatic carbocycles. The third kappa shape index (κ3) is 3.46. The minimum Gasteiger partial charge on any atom is -0.293 e. The molecule has 0 radical (unpaired) electrons. The summed E-state index contributed by atoms with van der Waals surface area (Å²) in [5.41, 5.74) is 3.47. The summed E-state index contributed by atoms with van der Waals surface area (Å²) in [5, 5.41) is 8.68. The van der Waals surface area contributed by atoms with Crippen molar-refractivity contribution in [3.05, 3.63) is 71.3 Å². The Morgan fingerprint density at radius 2 is 1.82 bits per heavy atom. The first kappa shape index (κ1) is 11.9. The molecule has 0 unspecified atom stereocenters. The molecule has 2 rings (SSSR count). The van der Waals surface area contributed by atoms with Gasteiger partial charge in [-0.2, -0.15) is 0 Å². The summed E-state index contributed by atoms with van der Waals surface area (Å²) < 4.78 is 0. The molecule has 0 amide bonds. The number of hydrogen-bond donors (Lipinski definition) is 1. The van der Waals surface area contributed by atoms with E-state index in [-0.39, 0.29) is 0 Å². The average Bonchev–Trinajstić information content (AvgIpc) is 2.37. The Kier molecular flexibility index (Phi) is 3.99. The topological polar surface area (TPSA) is 23.9 Å². The maximum atomic E-state index is 8.04. The van der Waals surface area contributed by atoms with Crippen LogP contribution in [0, 0.1) is 12.3 Å². The maximum absolute atomic E-state index is 8.04. The van der Waals surface area contributed by atoms with Crippen molar-refractivity contribution >= 4 is 16.8 Å². The Balaban J connectivity index is 1.98. The minimum absolute atomic E-state index is 0.637. The van der Waals surface area contributed by atoms with Crippen molar-refractivity contribution in [1.29, 1.82) is 5.41 Å². The number of hydrogen-bond acceptors (Lipinski definition) is 2. The molecule has 0 bridgehead atoms. The second-order valence-corrected chi connectivity index (χ2v) is 4.96. The van der Waals surface area contributed by atoms with Crippen molar-refractivity contribution in [2.75, 3.05) is 0 Å². The lowest BCUT2D eigenvalue weighted by atomic mass is 10.1. The van der Waals surface area contributed by atoms with Gasteiger partial charge in [-0.3, -0.25) is 5.41 Å². The van der Waals surface area contributed by atoms with Gasteiger partial charge in [0.2, 0.25) is 0 Å². The van der Waals surface area contributed by atoms with Gasteiger partial charge in [-0.25, -0.2) is 0 Å². The first-order valence-electron chi connectivity index (χ1n) is 5.58. The number of thioether (sulfide) groups is 1. The van der Waals surface area contributed by atoms with Gasteiger partial charge in [0, 0.05) is 11.3 Å². The van der Waals surface area contributed by atoms with Gasteiger partial charge in [0.05, 0.1) is 5.04 Å². The Bertz CT molecular complexity index is 505. The molecule has 86 valence electrons. The van der Waals surface area contributed by atoms with Crippen molar-refractivity contribution in [2.45, 2.75) is 12.7 Å². The Morgan fingerprint density at radius 3 is 2.53 bits per heavy atom. The van der Waals surface area contributed by atoms with Crippen molar-refractivity contribution in [3.63, 3.8) is 0 Å². The van der Waals surface area contributed by atoms with Crippen LogP contribution < -0.4 is 0 Å². The zero-order chi connectivity index (χ0) is 12.1. The molecule has 0 saturated carbocycles. The second-order valence-electron chi connectivity index (χ2n) is 3.97. The summed E-state index contributed by atoms with van der Waals surface area (Å²) >= 11 is 1.57. The highest BCUT2D eigenvalue weighted by atomic mass is 32.2. The van der Waals surface area contributed by atoms with Crippen LogP contribution in [0.25, 0.3) is 0 Å². The number of nitrogens with one attached hydrogen (secondary N) is 1. The normalized spacial score (nSPS) is 10.2. The van der Waals surface area contributed by atoms with Gasteiger partial charge < -0.3 is 0 Å². The molecular weight excluding hydrogens is 226 g/mol. The number of aryl methyl sites for hydroxylation is 1. The summed E-state index contributed by atoms with van der Waals surface area (Å²) in [7, 11) is 0. The van der Waals surface area contributed by atoms with Gasteiger partial charge in [0.25, 0.3) is 0 Å². The monoisotopic (exact) mass is 241 g/mol. The summed E-state index contributed by atoms with van der Waals surface area (Å²) in [6, 6.07) is 18.4. The van der Waals surface area contributed by atoms with Crippen molar-refractivity contribution < 1.29 is 0 Å². The van der Waals surface area contributed by atoms with Gasteiger partial charge in [0.1, 0.15) is 0 Å². The molecule has 2 heteroatoms. The lowest BCUT2D eigenvalue weighted by Crippen LogP contribution is -1.94. The Hall–Kier alpha value is -1.54. The number of rotatable bonds is 3. The van der Waals surface area contributed by atoms with E-state index in [1.165, 1.54) is 11.1 Å². The molecular formula is C15H15NS. The molecule has 0 aliphatic rings. The predicted octanol–water partition coefficient (Wildman–Crippen LogP) is 4.25. The summed E-state index contributed by atoms with van der Waals surface area (Å²) in [6.07, 6.45) is 0. The van der Waals surface area contributed by atoms with E-state index in [9.17, 15) is 0 Å². The molecule has 0 aliphatic carbocycles. The molecule has 0 spiro atoms. The van der Waals surface area contributed by atoms with Gasteiger partial charge >= 0.3 is 0 Å². The molecule has 0 fully saturated rings. The zero-order valence-corrected chi connectivity index (χ0v) is 10.6. The molecule has 0 heterocycles. The number of benzene rings is 2. The fourth-order valence-corrected chi connectivity index (χ4v) is 2.40. The third-order valence-electron chi connectivity index (χ3n) is 2.51. The zero-order valence-electron chi connectivity index (χ0n) is 9.81. The van der Waals surface area contributed by atoms with E-state index in [2.05, 4.69) is 31.2 Å². The molecule has 2 aromatic rings. The Labute approximate surface area is 106 Å². The summed E-state index contributed by atoms with van der Waals surface area (Å²) in [4.78, 5) is 0. The van der Waals surface area contributed by atoms with Crippen LogP contribution in [-0.2, 0) is 5.75 Å². The van der Waals surface area contributed by atoms with E-state index in [1.54, 1.807) is 11.8 Å². The average molecular weight is 241 g/mol. The molecule has 1 N–H and O–H groups in total. The third-order valence-corrected chi connectivity index (χ3v) is 3.51. The van der Waals surface area contributed by atoms with Crippen molar-refractivity contribution in [2.24, 2.45) is 0 Å². The quantitative estimate of drug-likeness (QED) is 0.630. The standard InChI is InChI=1S/C15H15NS/c1-12-6-5-9-14(10-12)15(16)17-11-13-7-3-2-4-8-13/h2-10,16H,11H2,1H3. The lowest BCUT2D eigenvalue weighted by molar-refractivity contribution is 1.41. The van der Waals surface area contributed by atoms with Crippen LogP contribution in [0.3, 0.4) is 0 Å². The van der Waals surface area contributed by atoms with E-state index >= 15 is 0 Å².